The Hall–Kier alpha value is -1.60. The third kappa shape index (κ3) is 5.35. The van der Waals surface area contributed by atoms with Crippen LogP contribution in [-0.2, 0) is 4.84 Å². The number of hydroxylamine groups is 1. The molecule has 0 aromatic rings. The van der Waals surface area contributed by atoms with Crippen LogP contribution in [0, 0.1) is 11.8 Å². The molecule has 4 rings (SSSR count). The van der Waals surface area contributed by atoms with Gasteiger partial charge in [0.25, 0.3) is 0 Å². The Labute approximate surface area is 180 Å². The lowest BCUT2D eigenvalue weighted by Gasteiger charge is -2.42. The summed E-state index contributed by atoms with van der Waals surface area (Å²) in [6.07, 6.45) is 16.2. The fraction of sp³-hybridized carbons (Fsp3) is 0.826. The number of hydrogen-bond donors (Lipinski definition) is 4. The summed E-state index contributed by atoms with van der Waals surface area (Å²) in [5.74, 6) is 2.32. The second-order valence-electron chi connectivity index (χ2n) is 9.47. The highest BCUT2D eigenvalue weighted by molar-refractivity contribution is 5.99. The van der Waals surface area contributed by atoms with Crippen LogP contribution in [0.3, 0.4) is 0 Å². The molecule has 2 fully saturated rings. The van der Waals surface area contributed by atoms with E-state index in [0.29, 0.717) is 12.5 Å². The van der Waals surface area contributed by atoms with Crippen molar-refractivity contribution in [2.24, 2.45) is 21.8 Å². The highest BCUT2D eigenvalue weighted by Crippen LogP contribution is 2.34. The number of nitrogens with one attached hydrogen (secondary N) is 3. The second kappa shape index (κ2) is 10.6. The minimum absolute atomic E-state index is 0.134. The molecule has 0 bridgehead atoms. The Morgan fingerprint density at radius 3 is 2.53 bits per heavy atom. The minimum Gasteiger partial charge on any atom is -0.394 e. The topological polar surface area (TPSA) is 90.3 Å². The number of aliphatic hydroxyl groups is 1. The van der Waals surface area contributed by atoms with Gasteiger partial charge in [0.15, 0.2) is 0 Å². The Kier molecular flexibility index (Phi) is 7.66. The molecule has 7 heteroatoms. The van der Waals surface area contributed by atoms with Crippen molar-refractivity contribution in [1.29, 1.82) is 0 Å². The van der Waals surface area contributed by atoms with Gasteiger partial charge in [0.05, 0.1) is 25.1 Å². The molecular formula is C23H39N5O2. The number of hydrogen-bond acceptors (Lipinski definition) is 7. The number of aliphatic imine (C=N–C) groups is 2. The van der Waals surface area contributed by atoms with Crippen LogP contribution in [0.1, 0.15) is 77.0 Å². The first kappa shape index (κ1) is 21.6. The molecule has 1 unspecified atom stereocenters. The standard InChI is InChI=1S/C23H39N5O2/c29-16-23(11-5-12-23)27-22-21-20(10-15-30-28-21)26-17-24-13-8-19(9-14-25-22)18-6-3-1-2-4-7-18/h17-19,28-29H,1-16H2,(H,24,26)(H,25,27). The second-order valence-corrected chi connectivity index (χ2v) is 9.47. The fourth-order valence-corrected chi connectivity index (χ4v) is 5.33. The molecule has 0 spiro atoms. The zero-order valence-corrected chi connectivity index (χ0v) is 18.3. The van der Waals surface area contributed by atoms with Crippen LogP contribution in [-0.4, -0.2) is 49.1 Å². The van der Waals surface area contributed by atoms with Crippen molar-refractivity contribution in [2.75, 3.05) is 26.3 Å². The molecule has 0 radical (unpaired) electrons. The van der Waals surface area contributed by atoms with Gasteiger partial charge in [-0.05, 0) is 43.9 Å². The lowest BCUT2D eigenvalue weighted by molar-refractivity contribution is 0.0544. The molecule has 2 heterocycles. The van der Waals surface area contributed by atoms with E-state index in [1.807, 2.05) is 6.34 Å². The Morgan fingerprint density at radius 2 is 1.80 bits per heavy atom. The molecular weight excluding hydrogens is 378 g/mol. The molecule has 0 amide bonds. The van der Waals surface area contributed by atoms with Crippen molar-refractivity contribution in [1.82, 2.24) is 16.1 Å². The van der Waals surface area contributed by atoms with Gasteiger partial charge in [-0.3, -0.25) is 20.3 Å². The van der Waals surface area contributed by atoms with E-state index < -0.39 is 0 Å². The van der Waals surface area contributed by atoms with Crippen LogP contribution >= 0.6 is 0 Å². The number of nitrogens with zero attached hydrogens (tertiary/aromatic N) is 2. The van der Waals surface area contributed by atoms with Crippen LogP contribution in [0.4, 0.5) is 0 Å². The fourth-order valence-electron chi connectivity index (χ4n) is 5.33. The Bertz CT molecular complexity index is 642. The van der Waals surface area contributed by atoms with E-state index in [1.165, 1.54) is 38.5 Å². The van der Waals surface area contributed by atoms with Crippen LogP contribution in [0.15, 0.2) is 21.4 Å². The van der Waals surface area contributed by atoms with Crippen molar-refractivity contribution in [3.63, 3.8) is 0 Å². The SMILES string of the molecule is OCC1(NC2=NCCC(C3CCCCCC3)CCN=CNC3=C2NOCC3)CCC1. The van der Waals surface area contributed by atoms with Crippen LogP contribution in [0.2, 0.25) is 0 Å². The molecule has 2 aliphatic carbocycles. The first-order chi connectivity index (χ1) is 14.8. The van der Waals surface area contributed by atoms with E-state index in [9.17, 15) is 5.11 Å². The smallest absolute Gasteiger partial charge is 0.149 e. The van der Waals surface area contributed by atoms with Crippen LogP contribution < -0.4 is 16.1 Å². The largest absolute Gasteiger partial charge is 0.394 e. The van der Waals surface area contributed by atoms with Gasteiger partial charge in [0.2, 0.25) is 0 Å². The summed E-state index contributed by atoms with van der Waals surface area (Å²) in [6, 6.07) is 0. The van der Waals surface area contributed by atoms with E-state index in [2.05, 4.69) is 21.1 Å². The summed E-state index contributed by atoms with van der Waals surface area (Å²) in [5.41, 5.74) is 4.74. The van der Waals surface area contributed by atoms with Gasteiger partial charge in [-0.2, -0.15) is 0 Å². The van der Waals surface area contributed by atoms with Gasteiger partial charge in [-0.1, -0.05) is 38.5 Å². The average molecular weight is 418 g/mol. The average Bonchev–Trinajstić information content (AvgIpc) is 3.02. The summed E-state index contributed by atoms with van der Waals surface area (Å²) < 4.78 is 0. The van der Waals surface area contributed by atoms with Crippen molar-refractivity contribution in [2.45, 2.75) is 82.6 Å². The van der Waals surface area contributed by atoms with Gasteiger partial charge in [0.1, 0.15) is 11.5 Å². The molecule has 168 valence electrons. The molecule has 7 nitrogen and oxygen atoms in total. The predicted octanol–water partition coefficient (Wildman–Crippen LogP) is 3.02. The lowest BCUT2D eigenvalue weighted by atomic mass is 9.77. The lowest BCUT2D eigenvalue weighted by Crippen LogP contribution is -2.58. The zero-order valence-electron chi connectivity index (χ0n) is 18.3. The van der Waals surface area contributed by atoms with Crippen LogP contribution in [0.5, 0.6) is 0 Å². The Morgan fingerprint density at radius 1 is 1.03 bits per heavy atom. The predicted molar refractivity (Wildman–Crippen MR) is 120 cm³/mol. The molecule has 4 N–H and O–H groups in total. The molecule has 1 atom stereocenters. The third-order valence-electron chi connectivity index (χ3n) is 7.46. The van der Waals surface area contributed by atoms with Crippen molar-refractivity contribution >= 4 is 12.2 Å². The third-order valence-corrected chi connectivity index (χ3v) is 7.46. The number of amidine groups is 1. The normalized spacial score (nSPS) is 28.4. The molecule has 2 saturated carbocycles. The minimum atomic E-state index is -0.248. The van der Waals surface area contributed by atoms with Gasteiger partial charge < -0.3 is 15.7 Å². The highest BCUT2D eigenvalue weighted by Gasteiger charge is 2.38. The Balaban J connectivity index is 1.55. The van der Waals surface area contributed by atoms with E-state index in [1.54, 1.807) is 0 Å². The molecule has 4 aliphatic rings. The first-order valence-electron chi connectivity index (χ1n) is 12.1. The van der Waals surface area contributed by atoms with Gasteiger partial charge in [-0.25, -0.2) is 0 Å². The maximum absolute atomic E-state index is 9.99. The number of aliphatic hydroxyl groups excluding tert-OH is 1. The zero-order chi connectivity index (χ0) is 20.7. The number of rotatable bonds is 3. The monoisotopic (exact) mass is 417 g/mol. The first-order valence-corrected chi connectivity index (χ1v) is 12.1. The van der Waals surface area contributed by atoms with E-state index >= 15 is 0 Å². The summed E-state index contributed by atoms with van der Waals surface area (Å²) in [6.45, 7) is 2.42. The highest BCUT2D eigenvalue weighted by atomic mass is 16.6. The molecule has 2 aliphatic heterocycles. The van der Waals surface area contributed by atoms with Gasteiger partial charge in [0, 0.05) is 25.2 Å². The van der Waals surface area contributed by atoms with Crippen LogP contribution in [0.25, 0.3) is 0 Å². The summed E-state index contributed by atoms with van der Waals surface area (Å²) in [7, 11) is 0. The molecule has 0 saturated heterocycles. The summed E-state index contributed by atoms with van der Waals surface area (Å²) in [4.78, 5) is 15.3. The maximum atomic E-state index is 9.99. The van der Waals surface area contributed by atoms with Crippen molar-refractivity contribution in [3.8, 4) is 0 Å². The van der Waals surface area contributed by atoms with Crippen molar-refractivity contribution < 1.29 is 9.94 Å². The van der Waals surface area contributed by atoms with E-state index in [4.69, 9.17) is 9.83 Å². The molecule has 0 aromatic carbocycles. The summed E-state index contributed by atoms with van der Waals surface area (Å²) >= 11 is 0. The van der Waals surface area contributed by atoms with E-state index in [-0.39, 0.29) is 12.1 Å². The quantitative estimate of drug-likeness (QED) is 0.530. The molecule has 30 heavy (non-hydrogen) atoms. The van der Waals surface area contributed by atoms with E-state index in [0.717, 1.165) is 74.8 Å². The van der Waals surface area contributed by atoms with Gasteiger partial charge in [-0.15, -0.1) is 0 Å². The maximum Gasteiger partial charge on any atom is 0.149 e. The summed E-state index contributed by atoms with van der Waals surface area (Å²) in [5, 5.41) is 17.0. The molecule has 0 aromatic heterocycles. The van der Waals surface area contributed by atoms with Gasteiger partial charge >= 0.3 is 0 Å². The van der Waals surface area contributed by atoms with Crippen molar-refractivity contribution in [3.05, 3.63) is 11.4 Å².